The molecule has 15 nitrogen and oxygen atoms in total. The predicted octanol–water partition coefficient (Wildman–Crippen LogP) is 8.99. The Bertz CT molecular complexity index is 2720. The van der Waals surface area contributed by atoms with Crippen molar-refractivity contribution in [1.82, 2.24) is 30.4 Å². The zero-order valence-corrected chi connectivity index (χ0v) is 44.5. The van der Waals surface area contributed by atoms with E-state index in [-0.39, 0.29) is 42.0 Å². The van der Waals surface area contributed by atoms with Crippen LogP contribution in [0.5, 0.6) is 5.75 Å². The second kappa shape index (κ2) is 25.3. The van der Waals surface area contributed by atoms with Gasteiger partial charge >= 0.3 is 0 Å². The number of ether oxygens (including phenoxy) is 1. The Hall–Kier alpha value is -6.35. The smallest absolute Gasteiger partial charge is 0.266 e. The number of amides is 5. The van der Waals surface area contributed by atoms with E-state index in [4.69, 9.17) is 9.72 Å². The molecule has 5 heterocycles. The van der Waals surface area contributed by atoms with Crippen molar-refractivity contribution in [2.24, 2.45) is 0 Å². The number of piperidine rings is 1. The van der Waals surface area contributed by atoms with Gasteiger partial charge in [0.2, 0.25) is 11.8 Å². The summed E-state index contributed by atoms with van der Waals surface area (Å²) in [6.07, 6.45) is 18.4. The fourth-order valence-corrected chi connectivity index (χ4v) is 11.7. The number of piperazine rings is 1. The molecule has 1 unspecified atom stereocenters. The summed E-state index contributed by atoms with van der Waals surface area (Å²) in [6, 6.07) is 12.8. The van der Waals surface area contributed by atoms with E-state index in [0.29, 0.717) is 29.5 Å². The molecule has 1 aliphatic carbocycles. The molecular formula is C59H78N8O7. The molecule has 4 aliphatic rings. The average Bonchev–Trinajstić information content (AvgIpc) is 3.67. The molecule has 3 aliphatic heterocycles. The SMILES string of the molecule is CCC(CC)N(CC)c1cc(-c2ccc(N3CCN(CCCCCCCCCCCOc4cccc5c4C(=O)N(C4CCC(=O)NC4=O)C5=O)CC3)nc2)cc(C(=O)NCc2c3c(c(C)[nH]c2=O)CCCC3)c1C. The lowest BCUT2D eigenvalue weighted by Gasteiger charge is -2.35. The maximum absolute atomic E-state index is 14.2. The maximum atomic E-state index is 14.2. The van der Waals surface area contributed by atoms with Gasteiger partial charge in [-0.3, -0.25) is 43.9 Å². The maximum Gasteiger partial charge on any atom is 0.266 e. The number of nitrogens with zero attached hydrogens (tertiary/aromatic N) is 5. The number of aromatic amines is 1. The van der Waals surface area contributed by atoms with Crippen molar-refractivity contribution < 1.29 is 28.7 Å². The van der Waals surface area contributed by atoms with Gasteiger partial charge < -0.3 is 24.8 Å². The minimum atomic E-state index is -0.999. The molecule has 0 radical (unpaired) electrons. The zero-order chi connectivity index (χ0) is 52.3. The third kappa shape index (κ3) is 12.3. The van der Waals surface area contributed by atoms with Crippen molar-refractivity contribution in [3.8, 4) is 16.9 Å². The molecule has 2 aromatic carbocycles. The third-order valence-corrected chi connectivity index (χ3v) is 16.0. The van der Waals surface area contributed by atoms with E-state index in [1.165, 1.54) is 44.1 Å². The number of pyridine rings is 2. The first-order chi connectivity index (χ1) is 35.9. The number of fused-ring (bicyclic) bond motifs is 2. The summed E-state index contributed by atoms with van der Waals surface area (Å²) < 4.78 is 6.00. The van der Waals surface area contributed by atoms with E-state index in [2.05, 4.69) is 69.3 Å². The van der Waals surface area contributed by atoms with Crippen molar-refractivity contribution in [2.75, 3.05) is 55.7 Å². The van der Waals surface area contributed by atoms with Gasteiger partial charge in [0.05, 0.1) is 17.7 Å². The summed E-state index contributed by atoms with van der Waals surface area (Å²) in [5, 5.41) is 5.40. The Labute approximate surface area is 437 Å². The average molecular weight is 1010 g/mol. The summed E-state index contributed by atoms with van der Waals surface area (Å²) in [6.45, 7) is 17.1. The molecule has 15 heteroatoms. The van der Waals surface area contributed by atoms with Gasteiger partial charge in [-0.25, -0.2) is 4.98 Å². The number of hydrogen-bond donors (Lipinski definition) is 3. The van der Waals surface area contributed by atoms with Crippen molar-refractivity contribution in [1.29, 1.82) is 0 Å². The van der Waals surface area contributed by atoms with Crippen molar-refractivity contribution in [2.45, 2.75) is 162 Å². The Morgan fingerprint density at radius 3 is 2.19 bits per heavy atom. The third-order valence-electron chi connectivity index (χ3n) is 16.0. The molecule has 2 fully saturated rings. The molecule has 0 saturated carbocycles. The number of benzene rings is 2. The van der Waals surface area contributed by atoms with E-state index >= 15 is 0 Å². The number of carbonyl (C=O) groups excluding carboxylic acids is 5. The van der Waals surface area contributed by atoms with E-state index in [1.54, 1.807) is 18.2 Å². The van der Waals surface area contributed by atoms with Crippen LogP contribution in [0.4, 0.5) is 11.5 Å². The summed E-state index contributed by atoms with van der Waals surface area (Å²) in [5.41, 5.74) is 8.82. The van der Waals surface area contributed by atoms with Crippen LogP contribution in [0.25, 0.3) is 11.1 Å². The Balaban J connectivity index is 0.751. The van der Waals surface area contributed by atoms with E-state index in [1.807, 2.05) is 26.1 Å². The number of H-pyrrole nitrogens is 1. The number of hydrogen-bond acceptors (Lipinski definition) is 11. The monoisotopic (exact) mass is 1010 g/mol. The van der Waals surface area contributed by atoms with Crippen LogP contribution in [0, 0.1) is 13.8 Å². The molecule has 396 valence electrons. The summed E-state index contributed by atoms with van der Waals surface area (Å²) >= 11 is 0. The van der Waals surface area contributed by atoms with Gasteiger partial charge in [0.25, 0.3) is 23.3 Å². The summed E-state index contributed by atoms with van der Waals surface area (Å²) in [5.74, 6) is -0.946. The van der Waals surface area contributed by atoms with Crippen LogP contribution < -0.4 is 30.7 Å². The highest BCUT2D eigenvalue weighted by atomic mass is 16.5. The Kier molecular flexibility index (Phi) is 18.4. The molecule has 8 rings (SSSR count). The lowest BCUT2D eigenvalue weighted by molar-refractivity contribution is -0.136. The summed E-state index contributed by atoms with van der Waals surface area (Å²) in [4.78, 5) is 94.3. The van der Waals surface area contributed by atoms with Gasteiger partial charge in [-0.15, -0.1) is 0 Å². The number of rotatable bonds is 24. The number of aryl methyl sites for hydroxylation is 1. The topological polar surface area (TPSA) is 177 Å². The van der Waals surface area contributed by atoms with Crippen LogP contribution in [-0.4, -0.2) is 107 Å². The predicted molar refractivity (Wildman–Crippen MR) is 290 cm³/mol. The molecule has 2 aromatic heterocycles. The fourth-order valence-electron chi connectivity index (χ4n) is 11.7. The van der Waals surface area contributed by atoms with E-state index in [9.17, 15) is 28.8 Å². The van der Waals surface area contributed by atoms with E-state index < -0.39 is 29.7 Å². The van der Waals surface area contributed by atoms with Crippen molar-refractivity contribution in [3.05, 3.63) is 104 Å². The number of anilines is 2. The first-order valence-electron chi connectivity index (χ1n) is 27.8. The number of carbonyl (C=O) groups is 5. The highest BCUT2D eigenvalue weighted by Gasteiger charge is 2.46. The molecule has 4 aromatic rings. The van der Waals surface area contributed by atoms with Gasteiger partial charge in [-0.1, -0.05) is 64.9 Å². The number of imide groups is 2. The highest BCUT2D eigenvalue weighted by Crippen LogP contribution is 2.36. The van der Waals surface area contributed by atoms with Gasteiger partial charge in [-0.2, -0.15) is 0 Å². The van der Waals surface area contributed by atoms with Crippen LogP contribution in [0.1, 0.15) is 176 Å². The molecular weight excluding hydrogens is 933 g/mol. The normalized spacial score (nSPS) is 16.9. The molecule has 1 atom stereocenters. The van der Waals surface area contributed by atoms with E-state index in [0.717, 1.165) is 141 Å². The quantitative estimate of drug-likeness (QED) is 0.0451. The van der Waals surface area contributed by atoms with Crippen LogP contribution in [0.15, 0.2) is 53.5 Å². The van der Waals surface area contributed by atoms with Crippen LogP contribution >= 0.6 is 0 Å². The number of unbranched alkanes of at least 4 members (excludes halogenated alkanes) is 8. The Morgan fingerprint density at radius 1 is 0.811 bits per heavy atom. The molecule has 3 N–H and O–H groups in total. The molecule has 2 saturated heterocycles. The number of aromatic nitrogens is 2. The van der Waals surface area contributed by atoms with Gasteiger partial charge in [0, 0.05) is 86.0 Å². The molecule has 5 amide bonds. The second-order valence-electron chi connectivity index (χ2n) is 20.7. The van der Waals surface area contributed by atoms with Gasteiger partial charge in [0.15, 0.2) is 0 Å². The lowest BCUT2D eigenvalue weighted by Crippen LogP contribution is -2.54. The molecule has 74 heavy (non-hydrogen) atoms. The van der Waals surface area contributed by atoms with Crippen LogP contribution in [-0.2, 0) is 29.0 Å². The largest absolute Gasteiger partial charge is 0.493 e. The minimum Gasteiger partial charge on any atom is -0.493 e. The fraction of sp³-hybridized carbons (Fsp3) is 0.542. The van der Waals surface area contributed by atoms with Gasteiger partial charge in [0.1, 0.15) is 17.6 Å². The van der Waals surface area contributed by atoms with Gasteiger partial charge in [-0.05, 0) is 144 Å². The first kappa shape index (κ1) is 53.9. The zero-order valence-electron chi connectivity index (χ0n) is 44.5. The standard InChI is InChI=1S/C59H78N8O7/c1-6-43(7-2)66(8-3)50-36-42(35-47(39(50)4)55(69)61-38-48-45-22-17-16-21-44(45)40(5)62-56(48)70)41-25-27-52(60-37-41)65-32-30-64(31-33-65)29-18-14-12-10-9-11-13-15-19-34-74-51-24-20-23-46-54(51)59(73)67(58(46)72)49-26-28-53(68)63-57(49)71/h20,23-25,27,35-37,43,49H,6-19,21-22,26,28-34,38H2,1-5H3,(H,61,69)(H,62,70)(H,63,68,71). The first-order valence-corrected chi connectivity index (χ1v) is 27.8. The van der Waals surface area contributed by atoms with Crippen LogP contribution in [0.2, 0.25) is 0 Å². The summed E-state index contributed by atoms with van der Waals surface area (Å²) in [7, 11) is 0. The molecule has 0 bridgehead atoms. The lowest BCUT2D eigenvalue weighted by atomic mass is 9.88. The number of nitrogens with one attached hydrogen (secondary N) is 3. The minimum absolute atomic E-state index is 0.0803. The second-order valence-corrected chi connectivity index (χ2v) is 20.7. The van der Waals surface area contributed by atoms with Crippen LogP contribution in [0.3, 0.4) is 0 Å². The van der Waals surface area contributed by atoms with Crippen molar-refractivity contribution >= 4 is 41.0 Å². The molecule has 0 spiro atoms. The highest BCUT2D eigenvalue weighted by molar-refractivity contribution is 6.24. The Morgan fingerprint density at radius 2 is 1.51 bits per heavy atom. The van der Waals surface area contributed by atoms with Crippen molar-refractivity contribution in [3.63, 3.8) is 0 Å².